The van der Waals surface area contributed by atoms with E-state index in [9.17, 15) is 19.7 Å². The summed E-state index contributed by atoms with van der Waals surface area (Å²) in [5.41, 5.74) is 8.71. The molecule has 0 bridgehead atoms. The highest BCUT2D eigenvalue weighted by Crippen LogP contribution is 2.51. The highest BCUT2D eigenvalue weighted by molar-refractivity contribution is 7.19. The lowest BCUT2D eigenvalue weighted by Gasteiger charge is -2.31. The number of benzene rings is 2. The van der Waals surface area contributed by atoms with Gasteiger partial charge in [-0.25, -0.2) is 4.79 Å². The first-order valence-corrected chi connectivity index (χ1v) is 12.4. The van der Waals surface area contributed by atoms with Crippen molar-refractivity contribution in [3.63, 3.8) is 0 Å². The van der Waals surface area contributed by atoms with Crippen LogP contribution in [0.25, 0.3) is 0 Å². The molecule has 0 saturated carbocycles. The number of hydrogen-bond donors (Lipinski definition) is 2. The van der Waals surface area contributed by atoms with E-state index in [1.54, 1.807) is 18.2 Å². The summed E-state index contributed by atoms with van der Waals surface area (Å²) in [6.07, 6.45) is 0. The minimum atomic E-state index is -0.794. The topological polar surface area (TPSA) is 125 Å². The predicted molar refractivity (Wildman–Crippen MR) is 141 cm³/mol. The number of halogens is 2. The molecule has 4 rings (SSSR count). The van der Waals surface area contributed by atoms with Crippen LogP contribution in [0.2, 0.25) is 10.0 Å². The number of thiophene rings is 1. The predicted octanol–water partition coefficient (Wildman–Crippen LogP) is 6.42. The molecule has 11 heteroatoms. The van der Waals surface area contributed by atoms with Crippen molar-refractivity contribution in [2.45, 2.75) is 19.8 Å². The monoisotopic (exact) mass is 545 g/mol. The van der Waals surface area contributed by atoms with Crippen LogP contribution in [0.15, 0.2) is 53.7 Å². The van der Waals surface area contributed by atoms with E-state index >= 15 is 0 Å². The van der Waals surface area contributed by atoms with E-state index in [1.807, 2.05) is 13.8 Å². The molecule has 3 aromatic rings. The fourth-order valence-electron chi connectivity index (χ4n) is 4.21. The van der Waals surface area contributed by atoms with E-state index in [1.165, 1.54) is 31.4 Å². The minimum absolute atomic E-state index is 0.133. The molecule has 36 heavy (non-hydrogen) atoms. The Labute approximate surface area is 220 Å². The number of nitrogens with one attached hydrogen (secondary N) is 1. The Bertz CT molecular complexity index is 1450. The van der Waals surface area contributed by atoms with Crippen LogP contribution in [0.3, 0.4) is 0 Å². The molecule has 3 N–H and O–H groups in total. The van der Waals surface area contributed by atoms with Gasteiger partial charge in [0, 0.05) is 34.9 Å². The molecule has 2 heterocycles. The number of esters is 1. The maximum Gasteiger partial charge on any atom is 0.336 e. The number of carbonyl (C=O) groups excluding carboxylic acids is 2. The van der Waals surface area contributed by atoms with Gasteiger partial charge in [0.2, 0.25) is 5.78 Å². The number of allylic oxidation sites excluding steroid dienone is 1. The Balaban J connectivity index is 1.96. The second-order valence-corrected chi connectivity index (χ2v) is 10.3. The van der Waals surface area contributed by atoms with Crippen molar-refractivity contribution in [3.8, 4) is 0 Å². The van der Waals surface area contributed by atoms with Crippen LogP contribution in [0.5, 0.6) is 0 Å². The number of non-ortho nitro benzene ring substituents is 1. The zero-order valence-electron chi connectivity index (χ0n) is 19.4. The van der Waals surface area contributed by atoms with E-state index in [0.717, 1.165) is 11.3 Å². The number of fused-ring (bicyclic) bond motifs is 1. The van der Waals surface area contributed by atoms with E-state index in [4.69, 9.17) is 33.7 Å². The van der Waals surface area contributed by atoms with Crippen molar-refractivity contribution >= 4 is 62.7 Å². The quantitative estimate of drug-likeness (QED) is 0.158. The fraction of sp³-hybridized carbons (Fsp3) is 0.200. The Morgan fingerprint density at radius 2 is 1.89 bits per heavy atom. The van der Waals surface area contributed by atoms with Crippen molar-refractivity contribution in [1.82, 2.24) is 0 Å². The van der Waals surface area contributed by atoms with Crippen LogP contribution in [-0.2, 0) is 9.53 Å². The third-order valence-corrected chi connectivity index (χ3v) is 7.76. The molecule has 1 aliphatic heterocycles. The summed E-state index contributed by atoms with van der Waals surface area (Å²) in [4.78, 5) is 37.7. The zero-order valence-corrected chi connectivity index (χ0v) is 21.8. The first-order chi connectivity index (χ1) is 17.0. The van der Waals surface area contributed by atoms with Crippen molar-refractivity contribution < 1.29 is 19.2 Å². The standard InChI is InChI=1S/C25H21Cl2N3O5S/c1-11(2)21-19(25(32)35-3)17(12-5-4-6-14(9-12)30(33)34)18-20(28)23(36-24(18)29-21)22(31)13-7-8-15(26)16(27)10-13/h4-11,17,29H,28H2,1-3H3. The number of ether oxygens (including phenoxy) is 1. The molecule has 0 aliphatic carbocycles. The molecule has 1 unspecified atom stereocenters. The molecule has 1 aliphatic rings. The summed E-state index contributed by atoms with van der Waals surface area (Å²) in [6.45, 7) is 3.80. The van der Waals surface area contributed by atoms with Gasteiger partial charge in [-0.3, -0.25) is 14.9 Å². The van der Waals surface area contributed by atoms with Crippen LogP contribution >= 0.6 is 34.5 Å². The summed E-state index contributed by atoms with van der Waals surface area (Å²) < 4.78 is 5.10. The van der Waals surface area contributed by atoms with Gasteiger partial charge in [-0.15, -0.1) is 11.3 Å². The summed E-state index contributed by atoms with van der Waals surface area (Å²) in [5.74, 6) is -1.89. The van der Waals surface area contributed by atoms with Crippen LogP contribution in [-0.4, -0.2) is 23.8 Å². The van der Waals surface area contributed by atoms with E-state index in [2.05, 4.69) is 5.32 Å². The number of carbonyl (C=O) groups is 2. The third kappa shape index (κ3) is 4.45. The van der Waals surface area contributed by atoms with Crippen molar-refractivity contribution in [2.24, 2.45) is 5.92 Å². The average Bonchev–Trinajstić information content (AvgIpc) is 3.19. The molecule has 186 valence electrons. The number of nitro benzene ring substituents is 1. The number of nitrogens with zero attached hydrogens (tertiary/aromatic N) is 1. The maximum absolute atomic E-state index is 13.4. The molecular weight excluding hydrogens is 525 g/mol. The number of anilines is 2. The average molecular weight is 546 g/mol. The molecule has 0 radical (unpaired) electrons. The molecule has 0 saturated heterocycles. The summed E-state index contributed by atoms with van der Waals surface area (Å²) >= 11 is 13.3. The highest BCUT2D eigenvalue weighted by Gasteiger charge is 2.40. The van der Waals surface area contributed by atoms with E-state index in [-0.39, 0.29) is 38.5 Å². The molecule has 2 aromatic carbocycles. The van der Waals surface area contributed by atoms with Crippen LogP contribution in [0.4, 0.5) is 16.4 Å². The van der Waals surface area contributed by atoms with Crippen molar-refractivity contribution in [2.75, 3.05) is 18.2 Å². The number of ketones is 1. The summed E-state index contributed by atoms with van der Waals surface area (Å²) in [7, 11) is 1.27. The SMILES string of the molecule is COC(=O)C1=C(C(C)C)Nc2sc(C(=O)c3ccc(Cl)c(Cl)c3)c(N)c2C1c1cccc([N+](=O)[O-])c1. The minimum Gasteiger partial charge on any atom is -0.466 e. The van der Waals surface area contributed by atoms with Gasteiger partial charge in [0.05, 0.1) is 38.3 Å². The number of nitro groups is 1. The fourth-order valence-corrected chi connectivity index (χ4v) is 5.64. The van der Waals surface area contributed by atoms with Gasteiger partial charge < -0.3 is 15.8 Å². The maximum atomic E-state index is 13.4. The lowest BCUT2D eigenvalue weighted by Crippen LogP contribution is -2.26. The smallest absolute Gasteiger partial charge is 0.336 e. The molecule has 8 nitrogen and oxygen atoms in total. The molecule has 0 amide bonds. The highest BCUT2D eigenvalue weighted by atomic mass is 35.5. The van der Waals surface area contributed by atoms with Gasteiger partial charge in [-0.2, -0.15) is 0 Å². The number of rotatable bonds is 6. The van der Waals surface area contributed by atoms with Gasteiger partial charge in [0.25, 0.3) is 5.69 Å². The van der Waals surface area contributed by atoms with Crippen LogP contribution in [0, 0.1) is 16.0 Å². The lowest BCUT2D eigenvalue weighted by atomic mass is 9.79. The van der Waals surface area contributed by atoms with Crippen molar-refractivity contribution in [1.29, 1.82) is 0 Å². The number of nitrogen functional groups attached to an aromatic ring is 1. The van der Waals surface area contributed by atoms with Gasteiger partial charge in [0.1, 0.15) is 4.88 Å². The Kier molecular flexibility index (Phi) is 7.08. The summed E-state index contributed by atoms with van der Waals surface area (Å²) in [5, 5.41) is 15.9. The largest absolute Gasteiger partial charge is 0.466 e. The Morgan fingerprint density at radius 1 is 1.17 bits per heavy atom. The lowest BCUT2D eigenvalue weighted by molar-refractivity contribution is -0.384. The number of nitrogens with two attached hydrogens (primary N) is 1. The number of methoxy groups -OCH3 is 1. The zero-order chi connectivity index (χ0) is 26.3. The van der Waals surface area contributed by atoms with Gasteiger partial charge in [-0.05, 0) is 29.7 Å². The molecule has 0 spiro atoms. The molecule has 0 fully saturated rings. The normalized spacial score (nSPS) is 14.9. The second kappa shape index (κ2) is 9.93. The van der Waals surface area contributed by atoms with Gasteiger partial charge in [-0.1, -0.05) is 49.2 Å². The molecule has 1 aromatic heterocycles. The van der Waals surface area contributed by atoms with Crippen LogP contribution < -0.4 is 11.1 Å². The van der Waals surface area contributed by atoms with Crippen LogP contribution in [0.1, 0.15) is 46.1 Å². The van der Waals surface area contributed by atoms with Crippen molar-refractivity contribution in [3.05, 3.63) is 95.5 Å². The third-order valence-electron chi connectivity index (χ3n) is 5.88. The Morgan fingerprint density at radius 3 is 2.50 bits per heavy atom. The molecular formula is C25H21Cl2N3O5S. The summed E-state index contributed by atoms with van der Waals surface area (Å²) in [6, 6.07) is 10.5. The first-order valence-electron chi connectivity index (χ1n) is 10.8. The van der Waals surface area contributed by atoms with E-state index < -0.39 is 16.8 Å². The van der Waals surface area contributed by atoms with Gasteiger partial charge >= 0.3 is 5.97 Å². The van der Waals surface area contributed by atoms with Gasteiger partial charge in [0.15, 0.2) is 0 Å². The molecule has 1 atom stereocenters. The Hall–Kier alpha value is -3.40. The number of hydrogen-bond acceptors (Lipinski definition) is 8. The van der Waals surface area contributed by atoms with E-state index in [0.29, 0.717) is 32.4 Å². The first kappa shape index (κ1) is 25.7. The second-order valence-electron chi connectivity index (χ2n) is 8.43.